The van der Waals surface area contributed by atoms with Crippen molar-refractivity contribution in [3.05, 3.63) is 64.1 Å². The monoisotopic (exact) mass is 378 g/mol. The average Bonchev–Trinajstić information content (AvgIpc) is 3.06. The molecule has 3 aromatic rings. The van der Waals surface area contributed by atoms with Crippen molar-refractivity contribution in [2.45, 2.75) is 19.3 Å². The van der Waals surface area contributed by atoms with Gasteiger partial charge < -0.3 is 9.84 Å². The van der Waals surface area contributed by atoms with E-state index in [2.05, 4.69) is 15.4 Å². The van der Waals surface area contributed by atoms with Gasteiger partial charge in [-0.1, -0.05) is 35.3 Å². The number of nitrogens with zero attached hydrogens (tertiary/aromatic N) is 4. The van der Waals surface area contributed by atoms with Crippen LogP contribution < -0.4 is 0 Å². The summed E-state index contributed by atoms with van der Waals surface area (Å²) in [6, 6.07) is 14.5. The molecule has 0 radical (unpaired) electrons. The Morgan fingerprint density at radius 1 is 1.00 bits per heavy atom. The number of hydrogen-bond donors (Lipinski definition) is 1. The zero-order valence-corrected chi connectivity index (χ0v) is 14.7. The molecule has 0 saturated carbocycles. The fourth-order valence-corrected chi connectivity index (χ4v) is 2.42. The van der Waals surface area contributed by atoms with E-state index in [9.17, 15) is 5.11 Å². The molecule has 130 valence electrons. The molecule has 0 unspecified atom stereocenters. The van der Waals surface area contributed by atoms with Gasteiger partial charge in [-0.15, -0.1) is 10.2 Å². The first-order valence-corrected chi connectivity index (χ1v) is 8.40. The van der Waals surface area contributed by atoms with Gasteiger partial charge in [-0.05, 0) is 47.2 Å². The highest BCUT2D eigenvalue weighted by molar-refractivity contribution is 6.30. The van der Waals surface area contributed by atoms with Gasteiger partial charge in [0.15, 0.2) is 0 Å². The lowest BCUT2D eigenvalue weighted by Gasteiger charge is -2.10. The van der Waals surface area contributed by atoms with E-state index in [-0.39, 0.29) is 13.2 Å². The molecule has 1 heterocycles. The molecule has 2 aromatic carbocycles. The van der Waals surface area contributed by atoms with E-state index in [0.29, 0.717) is 22.5 Å². The van der Waals surface area contributed by atoms with Crippen LogP contribution in [0.1, 0.15) is 5.56 Å². The van der Waals surface area contributed by atoms with Gasteiger partial charge in [-0.3, -0.25) is 0 Å². The van der Waals surface area contributed by atoms with Gasteiger partial charge in [0.1, 0.15) is 0 Å². The molecule has 0 aliphatic carbocycles. The molecule has 0 aliphatic rings. The average molecular weight is 379 g/mol. The van der Waals surface area contributed by atoms with E-state index in [4.69, 9.17) is 27.9 Å². The van der Waals surface area contributed by atoms with Gasteiger partial charge in [0.05, 0.1) is 25.9 Å². The Morgan fingerprint density at radius 2 is 1.64 bits per heavy atom. The zero-order chi connectivity index (χ0) is 17.6. The lowest BCUT2D eigenvalue weighted by atomic mass is 10.2. The summed E-state index contributed by atoms with van der Waals surface area (Å²) in [5.74, 6) is 0.478. The van der Waals surface area contributed by atoms with E-state index in [0.717, 1.165) is 11.1 Å². The fraction of sp³-hybridized carbons (Fsp3) is 0.235. The number of aromatic nitrogens is 4. The maximum atomic E-state index is 10.0. The topological polar surface area (TPSA) is 73.1 Å². The van der Waals surface area contributed by atoms with Gasteiger partial charge in [-0.2, -0.15) is 4.80 Å². The molecule has 0 saturated heterocycles. The lowest BCUT2D eigenvalue weighted by Crippen LogP contribution is -2.23. The second kappa shape index (κ2) is 8.40. The minimum Gasteiger partial charge on any atom is -0.389 e. The van der Waals surface area contributed by atoms with Crippen molar-refractivity contribution < 1.29 is 9.84 Å². The second-order valence-corrected chi connectivity index (χ2v) is 6.34. The first-order chi connectivity index (χ1) is 12.1. The third-order valence-electron chi connectivity index (χ3n) is 3.42. The molecule has 8 heteroatoms. The Bertz CT molecular complexity index is 806. The molecule has 1 aromatic heterocycles. The van der Waals surface area contributed by atoms with Crippen LogP contribution in [0.3, 0.4) is 0 Å². The van der Waals surface area contributed by atoms with Crippen molar-refractivity contribution >= 4 is 23.2 Å². The number of aliphatic hydroxyl groups excluding tert-OH is 1. The minimum absolute atomic E-state index is 0.167. The van der Waals surface area contributed by atoms with E-state index in [1.165, 1.54) is 4.80 Å². The molecule has 0 bridgehead atoms. The number of benzene rings is 2. The molecule has 1 N–H and O–H groups in total. The third kappa shape index (κ3) is 5.24. The summed E-state index contributed by atoms with van der Waals surface area (Å²) in [6.07, 6.45) is -0.737. The molecule has 0 amide bonds. The summed E-state index contributed by atoms with van der Waals surface area (Å²) in [5.41, 5.74) is 1.80. The van der Waals surface area contributed by atoms with Crippen LogP contribution in [0.2, 0.25) is 10.0 Å². The normalized spacial score (nSPS) is 12.3. The number of ether oxygens (including phenoxy) is 1. The summed E-state index contributed by atoms with van der Waals surface area (Å²) < 4.78 is 5.50. The van der Waals surface area contributed by atoms with Gasteiger partial charge in [-0.25, -0.2) is 0 Å². The summed E-state index contributed by atoms with van der Waals surface area (Å²) in [4.78, 5) is 1.35. The molecular weight excluding hydrogens is 363 g/mol. The van der Waals surface area contributed by atoms with Crippen LogP contribution in [0.5, 0.6) is 0 Å². The summed E-state index contributed by atoms with van der Waals surface area (Å²) in [6.45, 7) is 0.761. The zero-order valence-electron chi connectivity index (χ0n) is 13.2. The van der Waals surface area contributed by atoms with E-state index >= 15 is 0 Å². The van der Waals surface area contributed by atoms with Gasteiger partial charge >= 0.3 is 0 Å². The Labute approximate surface area is 155 Å². The van der Waals surface area contributed by atoms with Crippen molar-refractivity contribution in [2.75, 3.05) is 6.61 Å². The minimum atomic E-state index is -0.737. The largest absolute Gasteiger partial charge is 0.389 e. The molecule has 6 nitrogen and oxygen atoms in total. The van der Waals surface area contributed by atoms with Crippen LogP contribution in [0.25, 0.3) is 11.4 Å². The Balaban J connectivity index is 1.48. The van der Waals surface area contributed by atoms with Crippen LogP contribution in [-0.2, 0) is 17.9 Å². The van der Waals surface area contributed by atoms with Crippen LogP contribution in [-0.4, -0.2) is 38.0 Å². The summed E-state index contributed by atoms with van der Waals surface area (Å²) in [5, 5.41) is 23.5. The number of hydrogen-bond acceptors (Lipinski definition) is 5. The highest BCUT2D eigenvalue weighted by Gasteiger charge is 2.10. The highest BCUT2D eigenvalue weighted by atomic mass is 35.5. The number of tetrazole rings is 1. The maximum absolute atomic E-state index is 10.0. The lowest BCUT2D eigenvalue weighted by molar-refractivity contribution is 0.0165. The van der Waals surface area contributed by atoms with Gasteiger partial charge in [0, 0.05) is 15.6 Å². The van der Waals surface area contributed by atoms with E-state index < -0.39 is 6.10 Å². The summed E-state index contributed by atoms with van der Waals surface area (Å²) in [7, 11) is 0. The number of rotatable bonds is 7. The smallest absolute Gasteiger partial charge is 0.204 e. The molecular formula is C17H16Cl2N4O2. The Kier molecular flexibility index (Phi) is 5.99. The Hall–Kier alpha value is -1.99. The quantitative estimate of drug-likeness (QED) is 0.683. The molecule has 1 atom stereocenters. The van der Waals surface area contributed by atoms with Crippen LogP contribution in [0.4, 0.5) is 0 Å². The fourth-order valence-electron chi connectivity index (χ4n) is 2.17. The van der Waals surface area contributed by atoms with Crippen molar-refractivity contribution in [3.63, 3.8) is 0 Å². The maximum Gasteiger partial charge on any atom is 0.204 e. The Morgan fingerprint density at radius 3 is 2.32 bits per heavy atom. The van der Waals surface area contributed by atoms with E-state index in [1.807, 2.05) is 24.3 Å². The van der Waals surface area contributed by atoms with Crippen molar-refractivity contribution in [1.29, 1.82) is 0 Å². The van der Waals surface area contributed by atoms with Crippen molar-refractivity contribution in [1.82, 2.24) is 20.2 Å². The third-order valence-corrected chi connectivity index (χ3v) is 3.93. The summed E-state index contributed by atoms with van der Waals surface area (Å²) >= 11 is 11.7. The molecule has 0 aliphatic heterocycles. The van der Waals surface area contributed by atoms with Gasteiger partial charge in [0.2, 0.25) is 5.82 Å². The highest BCUT2D eigenvalue weighted by Crippen LogP contribution is 2.17. The van der Waals surface area contributed by atoms with Crippen LogP contribution >= 0.6 is 23.2 Å². The van der Waals surface area contributed by atoms with Crippen LogP contribution in [0.15, 0.2) is 48.5 Å². The van der Waals surface area contributed by atoms with Gasteiger partial charge in [0.25, 0.3) is 0 Å². The SMILES string of the molecule is O[C@H](COCc1ccc(Cl)cc1)Cn1nnc(-c2ccc(Cl)cc2)n1. The predicted molar refractivity (Wildman–Crippen MR) is 95.4 cm³/mol. The number of halogens is 2. The predicted octanol–water partition coefficient (Wildman–Crippen LogP) is 3.22. The molecule has 0 spiro atoms. The van der Waals surface area contributed by atoms with E-state index in [1.54, 1.807) is 24.3 Å². The van der Waals surface area contributed by atoms with Crippen LogP contribution in [0, 0.1) is 0 Å². The second-order valence-electron chi connectivity index (χ2n) is 5.47. The first-order valence-electron chi connectivity index (χ1n) is 7.64. The molecule has 25 heavy (non-hydrogen) atoms. The number of aliphatic hydroxyl groups is 1. The van der Waals surface area contributed by atoms with Crippen molar-refractivity contribution in [3.8, 4) is 11.4 Å². The molecule has 3 rings (SSSR count). The molecule has 0 fully saturated rings. The standard InChI is InChI=1S/C17H16Cl2N4O2/c18-14-5-1-12(2-6-14)10-25-11-16(24)9-23-21-17(20-22-23)13-3-7-15(19)8-4-13/h1-8,16,24H,9-11H2/t16-/m0/s1. The first kappa shape index (κ1) is 17.8. The van der Waals surface area contributed by atoms with Crippen molar-refractivity contribution in [2.24, 2.45) is 0 Å².